The molecule has 0 aliphatic heterocycles. The molecule has 2 atom stereocenters. The van der Waals surface area contributed by atoms with Crippen LogP contribution in [0.15, 0.2) is 12.1 Å². The third kappa shape index (κ3) is 4.10. The molecule has 1 aromatic rings. The highest BCUT2D eigenvalue weighted by Crippen LogP contribution is 2.49. The average molecular weight is 403 g/mol. The quantitative estimate of drug-likeness (QED) is 0.693. The van der Waals surface area contributed by atoms with E-state index in [1.165, 1.54) is 0 Å². The Labute approximate surface area is 167 Å². The Balaban J connectivity index is 0.00000364. The van der Waals surface area contributed by atoms with E-state index < -0.39 is 11.0 Å². The molecule has 1 aromatic carbocycles. The molecule has 3 N–H and O–H groups in total. The van der Waals surface area contributed by atoms with Crippen molar-refractivity contribution in [2.45, 2.75) is 45.4 Å². The van der Waals surface area contributed by atoms with Crippen LogP contribution in [0.25, 0.3) is 0 Å². The van der Waals surface area contributed by atoms with Crippen LogP contribution in [0.2, 0.25) is 0 Å². The maximum Gasteiger partial charge on any atom is 0.241 e. The molecule has 1 fully saturated rings. The lowest BCUT2D eigenvalue weighted by Gasteiger charge is -2.57. The van der Waals surface area contributed by atoms with Gasteiger partial charge in [0.15, 0.2) is 11.5 Å². The van der Waals surface area contributed by atoms with Crippen LogP contribution in [0.4, 0.5) is 0 Å². The summed E-state index contributed by atoms with van der Waals surface area (Å²) in [5, 5.41) is 2.93. The molecule has 0 radical (unpaired) electrons. The zero-order valence-corrected chi connectivity index (χ0v) is 17.7. The highest BCUT2D eigenvalue weighted by Gasteiger charge is 2.62. The molecule has 27 heavy (non-hydrogen) atoms. The topological polar surface area (TPSA) is 92.0 Å². The number of hydrogen-bond donors (Lipinski definition) is 2. The number of halogens is 1. The molecule has 0 aromatic heterocycles. The zero-order chi connectivity index (χ0) is 19.5. The Hall–Kier alpha value is -1.70. The summed E-state index contributed by atoms with van der Waals surface area (Å²) >= 11 is 0. The summed E-state index contributed by atoms with van der Waals surface area (Å²) in [6.45, 7) is 6.80. The lowest BCUT2D eigenvalue weighted by molar-refractivity contribution is -0.170. The van der Waals surface area contributed by atoms with E-state index in [2.05, 4.69) is 5.32 Å². The molecule has 2 unspecified atom stereocenters. The normalized spacial score (nSPS) is 22.9. The van der Waals surface area contributed by atoms with Gasteiger partial charge in [0.1, 0.15) is 5.54 Å². The molecule has 2 rings (SSSR count). The van der Waals surface area contributed by atoms with Crippen molar-refractivity contribution >= 4 is 18.3 Å². The SMILES string of the molecule is CCOC1CC(N)(C(=O)NCc2cc(OC)c(OC)c(OC)c2)C1(C)C.Cl. The Kier molecular flexibility index (Phi) is 7.77. The summed E-state index contributed by atoms with van der Waals surface area (Å²) in [5.41, 5.74) is 5.85. The maximum atomic E-state index is 12.7. The van der Waals surface area contributed by atoms with E-state index in [-0.39, 0.29) is 24.4 Å². The molecular formula is C19H31ClN2O5. The van der Waals surface area contributed by atoms with Crippen LogP contribution in [-0.2, 0) is 16.1 Å². The maximum absolute atomic E-state index is 12.7. The van der Waals surface area contributed by atoms with Gasteiger partial charge in [0, 0.05) is 25.0 Å². The molecule has 1 saturated carbocycles. The predicted molar refractivity (Wildman–Crippen MR) is 106 cm³/mol. The highest BCUT2D eigenvalue weighted by molar-refractivity contribution is 5.88. The zero-order valence-electron chi connectivity index (χ0n) is 16.9. The summed E-state index contributed by atoms with van der Waals surface area (Å²) in [6, 6.07) is 3.61. The monoisotopic (exact) mass is 402 g/mol. The van der Waals surface area contributed by atoms with Gasteiger partial charge in [-0.3, -0.25) is 4.79 Å². The number of rotatable bonds is 8. The smallest absolute Gasteiger partial charge is 0.241 e. The van der Waals surface area contributed by atoms with Crippen LogP contribution in [0.3, 0.4) is 0 Å². The number of carbonyl (C=O) groups is 1. The molecule has 1 aliphatic rings. The molecule has 0 heterocycles. The molecule has 0 spiro atoms. The second-order valence-corrected chi connectivity index (χ2v) is 7.06. The third-order valence-electron chi connectivity index (χ3n) is 5.41. The highest BCUT2D eigenvalue weighted by atomic mass is 35.5. The summed E-state index contributed by atoms with van der Waals surface area (Å²) in [7, 11) is 4.66. The minimum absolute atomic E-state index is 0. The van der Waals surface area contributed by atoms with Crippen molar-refractivity contribution in [1.29, 1.82) is 0 Å². The fourth-order valence-corrected chi connectivity index (χ4v) is 3.40. The average Bonchev–Trinajstić information content (AvgIpc) is 2.64. The van der Waals surface area contributed by atoms with Gasteiger partial charge in [0.05, 0.1) is 27.4 Å². The van der Waals surface area contributed by atoms with Crippen LogP contribution >= 0.6 is 12.4 Å². The Morgan fingerprint density at radius 3 is 2.15 bits per heavy atom. The molecule has 0 saturated heterocycles. The second-order valence-electron chi connectivity index (χ2n) is 7.06. The number of hydrogen-bond acceptors (Lipinski definition) is 6. The second kappa shape index (κ2) is 8.99. The third-order valence-corrected chi connectivity index (χ3v) is 5.41. The standard InChI is InChI=1S/C19H30N2O5.ClH/c1-7-26-15-10-19(20,18(15,2)3)17(22)21-11-12-8-13(23-4)16(25-6)14(9-12)24-5;/h8-9,15H,7,10-11,20H2,1-6H3,(H,21,22);1H. The molecule has 8 heteroatoms. The minimum Gasteiger partial charge on any atom is -0.493 e. The van der Waals surface area contributed by atoms with Crippen LogP contribution in [0, 0.1) is 5.41 Å². The van der Waals surface area contributed by atoms with Gasteiger partial charge >= 0.3 is 0 Å². The number of amides is 1. The van der Waals surface area contributed by atoms with E-state index >= 15 is 0 Å². The first kappa shape index (κ1) is 23.3. The number of nitrogens with two attached hydrogens (primary N) is 1. The minimum atomic E-state index is -0.951. The van der Waals surface area contributed by atoms with Crippen molar-refractivity contribution in [3.63, 3.8) is 0 Å². The van der Waals surface area contributed by atoms with Gasteiger partial charge in [-0.1, -0.05) is 13.8 Å². The molecule has 1 aliphatic carbocycles. The van der Waals surface area contributed by atoms with E-state index in [1.54, 1.807) is 33.5 Å². The molecular weight excluding hydrogens is 372 g/mol. The first-order valence-corrected chi connectivity index (χ1v) is 8.72. The van der Waals surface area contributed by atoms with Gasteiger partial charge in [-0.05, 0) is 24.6 Å². The number of nitrogens with one attached hydrogen (secondary N) is 1. The Morgan fingerprint density at radius 2 is 1.74 bits per heavy atom. The molecule has 0 bridgehead atoms. The summed E-state index contributed by atoms with van der Waals surface area (Å²) in [6.07, 6.45) is 0.499. The van der Waals surface area contributed by atoms with Crippen molar-refractivity contribution in [3.05, 3.63) is 17.7 Å². The fourth-order valence-electron chi connectivity index (χ4n) is 3.40. The number of ether oxygens (including phenoxy) is 4. The van der Waals surface area contributed by atoms with Crippen LogP contribution in [0.1, 0.15) is 32.8 Å². The lowest BCUT2D eigenvalue weighted by Crippen LogP contribution is -2.75. The Bertz CT molecular complexity index is 642. The number of carbonyl (C=O) groups excluding carboxylic acids is 1. The largest absolute Gasteiger partial charge is 0.493 e. The van der Waals surface area contributed by atoms with Crippen LogP contribution in [-0.4, -0.2) is 45.5 Å². The lowest BCUT2D eigenvalue weighted by atomic mass is 9.54. The molecule has 154 valence electrons. The first-order chi connectivity index (χ1) is 12.2. The number of methoxy groups -OCH3 is 3. The van der Waals surface area contributed by atoms with Gasteiger partial charge in [0.25, 0.3) is 0 Å². The van der Waals surface area contributed by atoms with E-state index in [9.17, 15) is 4.79 Å². The Morgan fingerprint density at radius 1 is 1.19 bits per heavy atom. The van der Waals surface area contributed by atoms with Crippen LogP contribution < -0.4 is 25.3 Å². The number of benzene rings is 1. The van der Waals surface area contributed by atoms with Gasteiger partial charge in [-0.15, -0.1) is 12.4 Å². The summed E-state index contributed by atoms with van der Waals surface area (Å²) < 4.78 is 21.7. The van der Waals surface area contributed by atoms with E-state index in [4.69, 9.17) is 24.7 Å². The summed E-state index contributed by atoms with van der Waals surface area (Å²) in [5.74, 6) is 1.41. The van der Waals surface area contributed by atoms with E-state index in [0.717, 1.165) is 5.56 Å². The van der Waals surface area contributed by atoms with Gasteiger partial charge in [0.2, 0.25) is 11.7 Å². The fraction of sp³-hybridized carbons (Fsp3) is 0.632. The van der Waals surface area contributed by atoms with E-state index in [1.807, 2.05) is 20.8 Å². The predicted octanol–water partition coefficient (Wildman–Crippen LogP) is 2.28. The van der Waals surface area contributed by atoms with Gasteiger partial charge < -0.3 is 30.0 Å². The van der Waals surface area contributed by atoms with Gasteiger partial charge in [-0.25, -0.2) is 0 Å². The van der Waals surface area contributed by atoms with Gasteiger partial charge in [-0.2, -0.15) is 0 Å². The summed E-state index contributed by atoms with van der Waals surface area (Å²) in [4.78, 5) is 12.7. The van der Waals surface area contributed by atoms with Crippen molar-refractivity contribution < 1.29 is 23.7 Å². The van der Waals surface area contributed by atoms with E-state index in [0.29, 0.717) is 36.8 Å². The molecule has 7 nitrogen and oxygen atoms in total. The van der Waals surface area contributed by atoms with Crippen molar-refractivity contribution in [3.8, 4) is 17.2 Å². The van der Waals surface area contributed by atoms with Crippen molar-refractivity contribution in [2.75, 3.05) is 27.9 Å². The van der Waals surface area contributed by atoms with Crippen molar-refractivity contribution in [2.24, 2.45) is 11.1 Å². The van der Waals surface area contributed by atoms with Crippen LogP contribution in [0.5, 0.6) is 17.2 Å². The molecule has 1 amide bonds. The first-order valence-electron chi connectivity index (χ1n) is 8.72. The van der Waals surface area contributed by atoms with Crippen molar-refractivity contribution in [1.82, 2.24) is 5.32 Å².